The van der Waals surface area contributed by atoms with E-state index in [0.717, 1.165) is 6.42 Å². The smallest absolute Gasteiger partial charge is 0.260 e. The van der Waals surface area contributed by atoms with E-state index < -0.39 is 0 Å². The normalized spacial score (nSPS) is 16.8. The maximum atomic E-state index is 12.7. The molecule has 4 rings (SSSR count). The molecule has 2 saturated heterocycles. The monoisotopic (exact) mass is 455 g/mol. The minimum atomic E-state index is -0.173. The molecule has 2 aromatic rings. The van der Waals surface area contributed by atoms with Crippen molar-refractivity contribution in [3.05, 3.63) is 53.6 Å². The third-order valence-electron chi connectivity index (χ3n) is 5.90. The second-order valence-electron chi connectivity index (χ2n) is 8.06. The number of para-hydroxylation sites is 1. The number of likely N-dealkylation sites (tertiary alicyclic amines) is 1. The quantitative estimate of drug-likeness (QED) is 0.720. The maximum absolute atomic E-state index is 12.7. The van der Waals surface area contributed by atoms with Gasteiger partial charge < -0.3 is 19.9 Å². The molecule has 0 atom stereocenters. The van der Waals surface area contributed by atoms with E-state index in [2.05, 4.69) is 5.32 Å². The SMILES string of the molecule is O=C(Nc1ccc(N2CCCC2=O)c(Cl)c1)C1CCN(C(=O)COc2ccccc2)CC1. The topological polar surface area (TPSA) is 79.0 Å². The molecule has 2 aliphatic heterocycles. The lowest BCUT2D eigenvalue weighted by Crippen LogP contribution is -2.43. The van der Waals surface area contributed by atoms with Gasteiger partial charge in [-0.25, -0.2) is 0 Å². The zero-order chi connectivity index (χ0) is 22.5. The third kappa shape index (κ3) is 5.22. The summed E-state index contributed by atoms with van der Waals surface area (Å²) in [6.07, 6.45) is 2.55. The minimum Gasteiger partial charge on any atom is -0.484 e. The largest absolute Gasteiger partial charge is 0.484 e. The van der Waals surface area contributed by atoms with Crippen LogP contribution in [-0.4, -0.2) is 48.9 Å². The van der Waals surface area contributed by atoms with Crippen LogP contribution in [0.3, 0.4) is 0 Å². The number of anilines is 2. The Bertz CT molecular complexity index is 990. The second-order valence-corrected chi connectivity index (χ2v) is 8.47. The number of hydrogen-bond donors (Lipinski definition) is 1. The van der Waals surface area contributed by atoms with Gasteiger partial charge in [-0.1, -0.05) is 29.8 Å². The minimum absolute atomic E-state index is 0.00869. The number of piperidine rings is 1. The summed E-state index contributed by atoms with van der Waals surface area (Å²) >= 11 is 6.37. The molecule has 0 aromatic heterocycles. The van der Waals surface area contributed by atoms with E-state index in [4.69, 9.17) is 16.3 Å². The number of nitrogens with one attached hydrogen (secondary N) is 1. The molecule has 0 aliphatic carbocycles. The first kappa shape index (κ1) is 22.1. The zero-order valence-corrected chi connectivity index (χ0v) is 18.5. The van der Waals surface area contributed by atoms with Crippen molar-refractivity contribution in [2.24, 2.45) is 5.92 Å². The van der Waals surface area contributed by atoms with E-state index in [1.54, 1.807) is 28.0 Å². The van der Waals surface area contributed by atoms with Crippen LogP contribution in [0.1, 0.15) is 25.7 Å². The number of amides is 3. The van der Waals surface area contributed by atoms with E-state index in [0.29, 0.717) is 61.0 Å². The molecular formula is C24H26ClN3O4. The number of hydrogen-bond acceptors (Lipinski definition) is 4. The molecule has 1 N–H and O–H groups in total. The van der Waals surface area contributed by atoms with Crippen LogP contribution in [0.15, 0.2) is 48.5 Å². The van der Waals surface area contributed by atoms with E-state index in [9.17, 15) is 14.4 Å². The van der Waals surface area contributed by atoms with Crippen molar-refractivity contribution in [2.45, 2.75) is 25.7 Å². The first-order valence-corrected chi connectivity index (χ1v) is 11.3. The standard InChI is InChI=1S/C24H26ClN3O4/c25-20-15-18(8-9-21(20)28-12-4-7-22(28)29)26-24(31)17-10-13-27(14-11-17)23(30)16-32-19-5-2-1-3-6-19/h1-3,5-6,8-9,15,17H,4,7,10-14,16H2,(H,26,31). The van der Waals surface area contributed by atoms with Gasteiger partial charge in [-0.05, 0) is 49.6 Å². The molecule has 0 saturated carbocycles. The molecule has 7 nitrogen and oxygen atoms in total. The van der Waals surface area contributed by atoms with Crippen molar-refractivity contribution in [2.75, 3.05) is 36.5 Å². The summed E-state index contributed by atoms with van der Waals surface area (Å²) in [6.45, 7) is 1.70. The molecular weight excluding hydrogens is 430 g/mol. The zero-order valence-electron chi connectivity index (χ0n) is 17.8. The Kier molecular flexibility index (Phi) is 6.95. The van der Waals surface area contributed by atoms with Gasteiger partial charge in [0.1, 0.15) is 5.75 Å². The number of rotatable bonds is 6. The number of benzene rings is 2. The fraction of sp³-hybridized carbons (Fsp3) is 0.375. The molecule has 0 spiro atoms. The molecule has 0 unspecified atom stereocenters. The predicted octanol–water partition coefficient (Wildman–Crippen LogP) is 3.72. The van der Waals surface area contributed by atoms with Gasteiger partial charge in [-0.15, -0.1) is 0 Å². The molecule has 2 fully saturated rings. The Balaban J connectivity index is 1.26. The average molecular weight is 456 g/mol. The maximum Gasteiger partial charge on any atom is 0.260 e. The van der Waals surface area contributed by atoms with E-state index in [1.165, 1.54) is 0 Å². The van der Waals surface area contributed by atoms with E-state index in [1.807, 2.05) is 30.3 Å². The van der Waals surface area contributed by atoms with Gasteiger partial charge in [0.2, 0.25) is 11.8 Å². The van der Waals surface area contributed by atoms with Crippen LogP contribution in [0, 0.1) is 5.92 Å². The van der Waals surface area contributed by atoms with Crippen LogP contribution in [0.4, 0.5) is 11.4 Å². The average Bonchev–Trinajstić information content (AvgIpc) is 3.24. The van der Waals surface area contributed by atoms with Crippen molar-refractivity contribution in [1.29, 1.82) is 0 Å². The highest BCUT2D eigenvalue weighted by atomic mass is 35.5. The Labute approximate surface area is 192 Å². The van der Waals surface area contributed by atoms with Gasteiger partial charge >= 0.3 is 0 Å². The van der Waals surface area contributed by atoms with E-state index in [-0.39, 0.29) is 30.2 Å². The van der Waals surface area contributed by atoms with Gasteiger partial charge in [-0.3, -0.25) is 14.4 Å². The lowest BCUT2D eigenvalue weighted by molar-refractivity contribution is -0.136. The van der Waals surface area contributed by atoms with Crippen LogP contribution >= 0.6 is 11.6 Å². The summed E-state index contributed by atoms with van der Waals surface area (Å²) in [4.78, 5) is 40.5. The summed E-state index contributed by atoms with van der Waals surface area (Å²) in [5.41, 5.74) is 1.28. The number of ether oxygens (including phenoxy) is 1. The number of nitrogens with zero attached hydrogens (tertiary/aromatic N) is 2. The lowest BCUT2D eigenvalue weighted by atomic mass is 9.95. The molecule has 2 heterocycles. The first-order valence-electron chi connectivity index (χ1n) is 10.9. The van der Waals surface area contributed by atoms with Gasteiger partial charge in [0, 0.05) is 37.7 Å². The molecule has 3 amide bonds. The Morgan fingerprint density at radius 1 is 1.06 bits per heavy atom. The van der Waals surface area contributed by atoms with Gasteiger partial charge in [0.05, 0.1) is 10.7 Å². The number of halogens is 1. The van der Waals surface area contributed by atoms with Gasteiger partial charge in [-0.2, -0.15) is 0 Å². The van der Waals surface area contributed by atoms with Crippen LogP contribution < -0.4 is 15.0 Å². The fourth-order valence-electron chi connectivity index (χ4n) is 4.09. The molecule has 0 radical (unpaired) electrons. The highest BCUT2D eigenvalue weighted by Crippen LogP contribution is 2.32. The fourth-order valence-corrected chi connectivity index (χ4v) is 4.38. The van der Waals surface area contributed by atoms with Crippen LogP contribution in [0.5, 0.6) is 5.75 Å². The van der Waals surface area contributed by atoms with Gasteiger partial charge in [0.15, 0.2) is 6.61 Å². The summed E-state index contributed by atoms with van der Waals surface area (Å²) < 4.78 is 5.53. The first-order chi connectivity index (χ1) is 15.5. The molecule has 8 heteroatoms. The number of carbonyl (C=O) groups excluding carboxylic acids is 3. The van der Waals surface area contributed by atoms with Crippen LogP contribution in [0.2, 0.25) is 5.02 Å². The highest BCUT2D eigenvalue weighted by Gasteiger charge is 2.28. The van der Waals surface area contributed by atoms with Crippen LogP contribution in [0.25, 0.3) is 0 Å². The lowest BCUT2D eigenvalue weighted by Gasteiger charge is -2.31. The highest BCUT2D eigenvalue weighted by molar-refractivity contribution is 6.34. The summed E-state index contributed by atoms with van der Waals surface area (Å²) in [5.74, 6) is 0.394. The molecule has 168 valence electrons. The Morgan fingerprint density at radius 2 is 1.81 bits per heavy atom. The third-order valence-corrected chi connectivity index (χ3v) is 6.21. The summed E-state index contributed by atoms with van der Waals surface area (Å²) in [7, 11) is 0. The van der Waals surface area contributed by atoms with Crippen molar-refractivity contribution in [3.8, 4) is 5.75 Å². The van der Waals surface area contributed by atoms with Gasteiger partial charge in [0.25, 0.3) is 5.91 Å². The second kappa shape index (κ2) is 10.0. The van der Waals surface area contributed by atoms with E-state index >= 15 is 0 Å². The molecule has 32 heavy (non-hydrogen) atoms. The summed E-state index contributed by atoms with van der Waals surface area (Å²) in [6, 6.07) is 14.4. The number of carbonyl (C=O) groups is 3. The Hall–Kier alpha value is -3.06. The molecule has 2 aliphatic rings. The molecule has 0 bridgehead atoms. The van der Waals surface area contributed by atoms with Crippen molar-refractivity contribution in [1.82, 2.24) is 4.90 Å². The van der Waals surface area contributed by atoms with Crippen molar-refractivity contribution in [3.63, 3.8) is 0 Å². The van der Waals surface area contributed by atoms with Crippen LogP contribution in [-0.2, 0) is 14.4 Å². The van der Waals surface area contributed by atoms with Crippen molar-refractivity contribution >= 4 is 40.7 Å². The Morgan fingerprint density at radius 3 is 2.47 bits per heavy atom. The van der Waals surface area contributed by atoms with Crippen molar-refractivity contribution < 1.29 is 19.1 Å². The molecule has 2 aromatic carbocycles. The predicted molar refractivity (Wildman–Crippen MR) is 123 cm³/mol. The summed E-state index contributed by atoms with van der Waals surface area (Å²) in [5, 5.41) is 3.36.